The van der Waals surface area contributed by atoms with Crippen molar-refractivity contribution in [2.24, 2.45) is 5.73 Å². The van der Waals surface area contributed by atoms with Crippen LogP contribution in [0.1, 0.15) is 40.0 Å². The van der Waals surface area contributed by atoms with Gasteiger partial charge in [0.1, 0.15) is 0 Å². The van der Waals surface area contributed by atoms with Gasteiger partial charge in [-0.2, -0.15) is 0 Å². The van der Waals surface area contributed by atoms with E-state index in [1.807, 2.05) is 13.8 Å². The quantitative estimate of drug-likeness (QED) is 0.579. The molecule has 0 bridgehead atoms. The summed E-state index contributed by atoms with van der Waals surface area (Å²) in [6, 6.07) is 0. The van der Waals surface area contributed by atoms with Gasteiger partial charge in [-0.15, -0.1) is 0 Å². The van der Waals surface area contributed by atoms with E-state index in [1.54, 1.807) is 14.0 Å². The Morgan fingerprint density at radius 2 is 1.94 bits per heavy atom. The third kappa shape index (κ3) is 5.48. The molecule has 5 heteroatoms. The molecule has 0 aromatic rings. The highest BCUT2D eigenvalue weighted by Crippen LogP contribution is 2.13. The molecule has 17 heavy (non-hydrogen) atoms. The number of carbonyl (C=O) groups is 1. The molecule has 0 aliphatic carbocycles. The van der Waals surface area contributed by atoms with Crippen LogP contribution in [0, 0.1) is 0 Å². The summed E-state index contributed by atoms with van der Waals surface area (Å²) in [6.07, 6.45) is 1.63. The van der Waals surface area contributed by atoms with E-state index in [9.17, 15) is 9.90 Å². The molecule has 0 radical (unpaired) electrons. The number of methoxy groups -OCH3 is 1. The predicted octanol–water partition coefficient (Wildman–Crippen LogP) is 0.408. The van der Waals surface area contributed by atoms with Crippen molar-refractivity contribution in [3.8, 4) is 0 Å². The Kier molecular flexibility index (Phi) is 6.67. The van der Waals surface area contributed by atoms with E-state index in [1.165, 1.54) is 0 Å². The van der Waals surface area contributed by atoms with Crippen LogP contribution in [-0.2, 0) is 9.53 Å². The highest BCUT2D eigenvalue weighted by Gasteiger charge is 2.31. The van der Waals surface area contributed by atoms with Gasteiger partial charge in [-0.1, -0.05) is 13.8 Å². The highest BCUT2D eigenvalue weighted by molar-refractivity contribution is 5.85. The lowest BCUT2D eigenvalue weighted by atomic mass is 9.92. The predicted molar refractivity (Wildman–Crippen MR) is 67.6 cm³/mol. The van der Waals surface area contributed by atoms with Gasteiger partial charge in [-0.3, -0.25) is 4.79 Å². The Morgan fingerprint density at radius 3 is 2.35 bits per heavy atom. The number of aliphatic hydroxyl groups is 1. The lowest BCUT2D eigenvalue weighted by molar-refractivity contribution is -0.128. The Bertz CT molecular complexity index is 238. The maximum atomic E-state index is 11.9. The van der Waals surface area contributed by atoms with E-state index >= 15 is 0 Å². The average molecular weight is 246 g/mol. The fourth-order valence-electron chi connectivity index (χ4n) is 1.43. The first-order chi connectivity index (χ1) is 7.81. The van der Waals surface area contributed by atoms with Crippen molar-refractivity contribution in [3.05, 3.63) is 0 Å². The molecule has 0 aromatic heterocycles. The lowest BCUT2D eigenvalue weighted by Gasteiger charge is -2.29. The van der Waals surface area contributed by atoms with Crippen LogP contribution in [0.2, 0.25) is 0 Å². The molecule has 0 aliphatic heterocycles. The van der Waals surface area contributed by atoms with E-state index in [-0.39, 0.29) is 12.5 Å². The van der Waals surface area contributed by atoms with Gasteiger partial charge in [-0.05, 0) is 19.8 Å². The summed E-state index contributed by atoms with van der Waals surface area (Å²) in [5.41, 5.74) is 4.15. The van der Waals surface area contributed by atoms with E-state index in [2.05, 4.69) is 5.32 Å². The van der Waals surface area contributed by atoms with Gasteiger partial charge in [0, 0.05) is 26.7 Å². The zero-order chi connectivity index (χ0) is 13.5. The minimum absolute atomic E-state index is 0.189. The molecular formula is C12H26N2O3. The largest absolute Gasteiger partial charge is 0.388 e. The molecule has 0 saturated carbocycles. The van der Waals surface area contributed by atoms with Crippen LogP contribution >= 0.6 is 0 Å². The Balaban J connectivity index is 4.23. The van der Waals surface area contributed by atoms with Crippen molar-refractivity contribution < 1.29 is 14.6 Å². The smallest absolute Gasteiger partial charge is 0.240 e. The van der Waals surface area contributed by atoms with E-state index in [0.717, 1.165) is 0 Å². The molecule has 1 unspecified atom stereocenters. The summed E-state index contributed by atoms with van der Waals surface area (Å²) in [7, 11) is 1.58. The number of amides is 1. The summed E-state index contributed by atoms with van der Waals surface area (Å²) in [6.45, 7) is 6.08. The zero-order valence-corrected chi connectivity index (χ0v) is 11.4. The minimum Gasteiger partial charge on any atom is -0.388 e. The minimum atomic E-state index is -0.964. The second-order valence-electron chi connectivity index (χ2n) is 4.79. The third-order valence-corrected chi connectivity index (χ3v) is 3.19. The summed E-state index contributed by atoms with van der Waals surface area (Å²) < 4.78 is 4.90. The Labute approximate surface area is 104 Å². The van der Waals surface area contributed by atoms with Crippen molar-refractivity contribution in [2.75, 3.05) is 20.3 Å². The van der Waals surface area contributed by atoms with Crippen LogP contribution in [0.5, 0.6) is 0 Å². The van der Waals surface area contributed by atoms with Crippen molar-refractivity contribution >= 4 is 5.91 Å². The second kappa shape index (κ2) is 6.93. The maximum Gasteiger partial charge on any atom is 0.240 e. The Hall–Kier alpha value is -0.650. The van der Waals surface area contributed by atoms with Crippen LogP contribution in [0.4, 0.5) is 0 Å². The fraction of sp³-hybridized carbons (Fsp3) is 0.917. The molecule has 102 valence electrons. The molecule has 0 aromatic carbocycles. The molecule has 1 amide bonds. The number of rotatable bonds is 8. The number of ether oxygens (including phenoxy) is 1. The van der Waals surface area contributed by atoms with Crippen LogP contribution in [0.3, 0.4) is 0 Å². The van der Waals surface area contributed by atoms with E-state index in [4.69, 9.17) is 10.5 Å². The van der Waals surface area contributed by atoms with Gasteiger partial charge in [-0.25, -0.2) is 0 Å². The third-order valence-electron chi connectivity index (χ3n) is 3.19. The van der Waals surface area contributed by atoms with Crippen LogP contribution in [0.15, 0.2) is 0 Å². The molecule has 0 saturated heterocycles. The summed E-state index contributed by atoms with van der Waals surface area (Å²) in [5, 5.41) is 12.7. The average Bonchev–Trinajstić information content (AvgIpc) is 2.32. The number of hydrogen-bond donors (Lipinski definition) is 3. The summed E-state index contributed by atoms with van der Waals surface area (Å²) >= 11 is 0. The van der Waals surface area contributed by atoms with E-state index < -0.39 is 11.1 Å². The maximum absolute atomic E-state index is 11.9. The van der Waals surface area contributed by atoms with E-state index in [0.29, 0.717) is 25.9 Å². The van der Waals surface area contributed by atoms with Crippen molar-refractivity contribution in [1.29, 1.82) is 0 Å². The van der Waals surface area contributed by atoms with Crippen molar-refractivity contribution in [1.82, 2.24) is 5.32 Å². The first-order valence-corrected chi connectivity index (χ1v) is 6.10. The molecule has 1 atom stereocenters. The zero-order valence-electron chi connectivity index (χ0n) is 11.4. The SMILES string of the molecule is CCC(N)(CC)C(=O)NCC(C)(O)CCOC. The highest BCUT2D eigenvalue weighted by atomic mass is 16.5. The first-order valence-electron chi connectivity index (χ1n) is 6.10. The summed E-state index contributed by atoms with van der Waals surface area (Å²) in [4.78, 5) is 11.9. The standard InChI is InChI=1S/C12H26N2O3/c1-5-12(13,6-2)10(15)14-9-11(3,16)7-8-17-4/h16H,5-9,13H2,1-4H3,(H,14,15). The van der Waals surface area contributed by atoms with Gasteiger partial charge >= 0.3 is 0 Å². The normalized spacial score (nSPS) is 15.4. The monoisotopic (exact) mass is 246 g/mol. The van der Waals surface area contributed by atoms with Crippen LogP contribution < -0.4 is 11.1 Å². The van der Waals surface area contributed by atoms with Crippen molar-refractivity contribution in [2.45, 2.75) is 51.2 Å². The molecule has 0 heterocycles. The number of hydrogen-bond acceptors (Lipinski definition) is 4. The van der Waals surface area contributed by atoms with Gasteiger partial charge < -0.3 is 20.9 Å². The van der Waals surface area contributed by atoms with Gasteiger partial charge in [0.15, 0.2) is 0 Å². The molecule has 0 spiro atoms. The summed E-state index contributed by atoms with van der Waals surface area (Å²) in [5.74, 6) is -0.208. The first kappa shape index (κ1) is 16.4. The van der Waals surface area contributed by atoms with Gasteiger partial charge in [0.25, 0.3) is 0 Å². The topological polar surface area (TPSA) is 84.6 Å². The molecule has 0 rings (SSSR count). The number of nitrogens with two attached hydrogens (primary N) is 1. The number of carbonyl (C=O) groups excluding carboxylic acids is 1. The molecular weight excluding hydrogens is 220 g/mol. The Morgan fingerprint density at radius 1 is 1.41 bits per heavy atom. The molecule has 0 aliphatic rings. The lowest BCUT2D eigenvalue weighted by Crippen LogP contribution is -2.55. The van der Waals surface area contributed by atoms with Crippen molar-refractivity contribution in [3.63, 3.8) is 0 Å². The second-order valence-corrected chi connectivity index (χ2v) is 4.79. The van der Waals surface area contributed by atoms with Crippen LogP contribution in [0.25, 0.3) is 0 Å². The molecule has 0 fully saturated rings. The molecule has 5 nitrogen and oxygen atoms in total. The van der Waals surface area contributed by atoms with Gasteiger partial charge in [0.05, 0.1) is 11.1 Å². The fourth-order valence-corrected chi connectivity index (χ4v) is 1.43. The van der Waals surface area contributed by atoms with Gasteiger partial charge in [0.2, 0.25) is 5.91 Å². The number of nitrogens with one attached hydrogen (secondary N) is 1. The van der Waals surface area contributed by atoms with Crippen LogP contribution in [-0.4, -0.2) is 42.4 Å². The molecule has 4 N–H and O–H groups in total.